The number of ether oxygens (including phenoxy) is 1. The molecule has 0 radical (unpaired) electrons. The summed E-state index contributed by atoms with van der Waals surface area (Å²) < 4.78 is 5.27. The fourth-order valence-corrected chi connectivity index (χ4v) is 2.15. The summed E-state index contributed by atoms with van der Waals surface area (Å²) >= 11 is 6.08. The van der Waals surface area contributed by atoms with Gasteiger partial charge in [-0.1, -0.05) is 0 Å². The number of hydrogen-bond acceptors (Lipinski definition) is 3. The molecule has 1 fully saturated rings. The number of hydrogen-bond donors (Lipinski definition) is 0. The number of carbonyl (C=O) groups is 2. The Balaban J connectivity index is 2.62. The molecule has 1 rings (SSSR count). The first kappa shape index (κ1) is 14.3. The minimum Gasteiger partial charge on any atom is -0.444 e. The van der Waals surface area contributed by atoms with E-state index in [2.05, 4.69) is 0 Å². The van der Waals surface area contributed by atoms with Crippen LogP contribution >= 0.6 is 11.6 Å². The van der Waals surface area contributed by atoms with Gasteiger partial charge < -0.3 is 9.64 Å². The van der Waals surface area contributed by atoms with Gasteiger partial charge in [-0.2, -0.15) is 0 Å². The zero-order valence-corrected chi connectivity index (χ0v) is 11.6. The third kappa shape index (κ3) is 4.19. The summed E-state index contributed by atoms with van der Waals surface area (Å²) in [5.74, 6) is -0.254. The smallest absolute Gasteiger partial charge is 0.410 e. The van der Waals surface area contributed by atoms with Gasteiger partial charge in [0, 0.05) is 18.5 Å². The molecule has 1 heterocycles. The fraction of sp³-hybridized carbons (Fsp3) is 0.833. The minimum atomic E-state index is -0.513. The SMILES string of the molecule is CC(=O)C1CN(C(=O)OC(C)(C)C)CCC1Cl. The van der Waals surface area contributed by atoms with Crippen LogP contribution in [0.4, 0.5) is 4.79 Å². The summed E-state index contributed by atoms with van der Waals surface area (Å²) in [5, 5.41) is -0.175. The van der Waals surface area contributed by atoms with Crippen LogP contribution in [-0.2, 0) is 9.53 Å². The molecule has 1 amide bonds. The number of piperidine rings is 1. The second-order valence-electron chi connectivity index (χ2n) is 5.45. The predicted molar refractivity (Wildman–Crippen MR) is 66.2 cm³/mol. The first-order chi connectivity index (χ1) is 7.70. The number of amides is 1. The van der Waals surface area contributed by atoms with Crippen molar-refractivity contribution in [3.63, 3.8) is 0 Å². The van der Waals surface area contributed by atoms with E-state index in [0.29, 0.717) is 19.5 Å². The molecular weight excluding hydrogens is 242 g/mol. The topological polar surface area (TPSA) is 46.6 Å². The summed E-state index contributed by atoms with van der Waals surface area (Å²) in [6.45, 7) is 7.88. The van der Waals surface area contributed by atoms with Crippen LogP contribution in [0.25, 0.3) is 0 Å². The molecule has 0 aromatic carbocycles. The largest absolute Gasteiger partial charge is 0.444 e. The van der Waals surface area contributed by atoms with Crippen molar-refractivity contribution in [1.29, 1.82) is 0 Å². The third-order valence-electron chi connectivity index (χ3n) is 2.70. The summed E-state index contributed by atoms with van der Waals surface area (Å²) in [4.78, 5) is 24.8. The number of rotatable bonds is 1. The van der Waals surface area contributed by atoms with Crippen LogP contribution in [0.15, 0.2) is 0 Å². The number of ketones is 1. The molecule has 1 saturated heterocycles. The lowest BCUT2D eigenvalue weighted by molar-refractivity contribution is -0.122. The Bertz CT molecular complexity index is 311. The van der Waals surface area contributed by atoms with Crippen LogP contribution in [0.1, 0.15) is 34.1 Å². The van der Waals surface area contributed by atoms with Crippen molar-refractivity contribution < 1.29 is 14.3 Å². The van der Waals surface area contributed by atoms with Gasteiger partial charge in [0.15, 0.2) is 0 Å². The van der Waals surface area contributed by atoms with Gasteiger partial charge in [-0.25, -0.2) is 4.79 Å². The minimum absolute atomic E-state index is 0.0262. The molecule has 17 heavy (non-hydrogen) atoms. The number of likely N-dealkylation sites (tertiary alicyclic amines) is 1. The highest BCUT2D eigenvalue weighted by Crippen LogP contribution is 2.24. The van der Waals surface area contributed by atoms with Crippen molar-refractivity contribution in [2.75, 3.05) is 13.1 Å². The normalized spacial score (nSPS) is 25.6. The molecule has 4 nitrogen and oxygen atoms in total. The molecule has 2 atom stereocenters. The van der Waals surface area contributed by atoms with E-state index in [1.54, 1.807) is 4.90 Å². The Morgan fingerprint density at radius 2 is 1.94 bits per heavy atom. The highest BCUT2D eigenvalue weighted by molar-refractivity contribution is 6.22. The van der Waals surface area contributed by atoms with E-state index in [9.17, 15) is 9.59 Å². The van der Waals surface area contributed by atoms with Gasteiger partial charge in [-0.05, 0) is 34.1 Å². The standard InChI is InChI=1S/C12H20ClNO3/c1-8(15)9-7-14(6-5-10(9)13)11(16)17-12(2,3)4/h9-10H,5-7H2,1-4H3. The van der Waals surface area contributed by atoms with Crippen molar-refractivity contribution in [3.05, 3.63) is 0 Å². The van der Waals surface area contributed by atoms with Crippen molar-refractivity contribution in [2.45, 2.75) is 45.1 Å². The molecule has 5 heteroatoms. The molecule has 2 unspecified atom stereocenters. The van der Waals surface area contributed by atoms with E-state index in [0.717, 1.165) is 0 Å². The summed E-state index contributed by atoms with van der Waals surface area (Å²) in [7, 11) is 0. The van der Waals surface area contributed by atoms with Crippen LogP contribution in [0.5, 0.6) is 0 Å². The molecule has 1 aliphatic heterocycles. The van der Waals surface area contributed by atoms with Gasteiger partial charge in [0.25, 0.3) is 0 Å². The second kappa shape index (κ2) is 5.25. The van der Waals surface area contributed by atoms with Crippen LogP contribution in [0.3, 0.4) is 0 Å². The lowest BCUT2D eigenvalue weighted by Crippen LogP contribution is -2.48. The van der Waals surface area contributed by atoms with Crippen molar-refractivity contribution >= 4 is 23.5 Å². The van der Waals surface area contributed by atoms with Gasteiger partial charge >= 0.3 is 6.09 Å². The Kier molecular flexibility index (Phi) is 4.42. The fourth-order valence-electron chi connectivity index (χ4n) is 1.80. The maximum atomic E-state index is 11.8. The molecule has 0 aromatic heterocycles. The second-order valence-corrected chi connectivity index (χ2v) is 6.01. The van der Waals surface area contributed by atoms with E-state index >= 15 is 0 Å². The molecule has 98 valence electrons. The van der Waals surface area contributed by atoms with Gasteiger partial charge in [-0.15, -0.1) is 11.6 Å². The Morgan fingerprint density at radius 1 is 1.35 bits per heavy atom. The van der Waals surface area contributed by atoms with Gasteiger partial charge in [0.05, 0.1) is 5.92 Å². The Labute approximate surface area is 107 Å². The lowest BCUT2D eigenvalue weighted by Gasteiger charge is -2.35. The predicted octanol–water partition coefficient (Wildman–Crippen LogP) is 2.44. The van der Waals surface area contributed by atoms with Gasteiger partial charge in [0.1, 0.15) is 11.4 Å². The number of Topliss-reactive ketones (excluding diaryl/α,β-unsaturated/α-hetero) is 1. The number of carbonyl (C=O) groups excluding carboxylic acids is 2. The molecule has 0 saturated carbocycles. The molecular formula is C12H20ClNO3. The maximum Gasteiger partial charge on any atom is 0.410 e. The molecule has 0 aliphatic carbocycles. The quantitative estimate of drug-likeness (QED) is 0.681. The van der Waals surface area contributed by atoms with Crippen molar-refractivity contribution in [3.8, 4) is 0 Å². The highest BCUT2D eigenvalue weighted by atomic mass is 35.5. The van der Waals surface area contributed by atoms with Gasteiger partial charge in [0.2, 0.25) is 0 Å². The first-order valence-electron chi connectivity index (χ1n) is 5.83. The average Bonchev–Trinajstić information content (AvgIpc) is 2.14. The molecule has 1 aliphatic rings. The molecule has 0 N–H and O–H groups in total. The summed E-state index contributed by atoms with van der Waals surface area (Å²) in [5.41, 5.74) is -0.513. The van der Waals surface area contributed by atoms with Gasteiger partial charge in [-0.3, -0.25) is 4.79 Å². The third-order valence-corrected chi connectivity index (χ3v) is 3.22. The van der Waals surface area contributed by atoms with Crippen molar-refractivity contribution in [2.24, 2.45) is 5.92 Å². The van der Waals surface area contributed by atoms with E-state index in [-0.39, 0.29) is 23.2 Å². The average molecular weight is 262 g/mol. The van der Waals surface area contributed by atoms with E-state index in [1.165, 1.54) is 6.92 Å². The Hall–Kier alpha value is -0.770. The first-order valence-corrected chi connectivity index (χ1v) is 6.27. The molecule has 0 aromatic rings. The number of nitrogens with zero attached hydrogens (tertiary/aromatic N) is 1. The summed E-state index contributed by atoms with van der Waals surface area (Å²) in [6, 6.07) is 0. The van der Waals surface area contributed by atoms with E-state index in [1.807, 2.05) is 20.8 Å². The lowest BCUT2D eigenvalue weighted by atomic mass is 9.94. The van der Waals surface area contributed by atoms with E-state index < -0.39 is 5.60 Å². The molecule has 0 bridgehead atoms. The highest BCUT2D eigenvalue weighted by Gasteiger charge is 2.34. The van der Waals surface area contributed by atoms with Crippen LogP contribution in [-0.4, -0.2) is 40.8 Å². The zero-order chi connectivity index (χ0) is 13.2. The maximum absolute atomic E-state index is 11.8. The number of halogens is 1. The van der Waals surface area contributed by atoms with Crippen molar-refractivity contribution in [1.82, 2.24) is 4.90 Å². The van der Waals surface area contributed by atoms with E-state index in [4.69, 9.17) is 16.3 Å². The Morgan fingerprint density at radius 3 is 2.41 bits per heavy atom. The summed E-state index contributed by atoms with van der Waals surface area (Å²) in [6.07, 6.45) is 0.262. The van der Waals surface area contributed by atoms with Crippen LogP contribution in [0, 0.1) is 5.92 Å². The van der Waals surface area contributed by atoms with Crippen LogP contribution in [0.2, 0.25) is 0 Å². The number of alkyl halides is 1. The molecule has 0 spiro atoms. The monoisotopic (exact) mass is 261 g/mol. The zero-order valence-electron chi connectivity index (χ0n) is 10.8. The van der Waals surface area contributed by atoms with Crippen LogP contribution < -0.4 is 0 Å².